The highest BCUT2D eigenvalue weighted by Crippen LogP contribution is 2.40. The highest BCUT2D eigenvalue weighted by Gasteiger charge is 2.22. The van der Waals surface area contributed by atoms with Gasteiger partial charge in [-0.3, -0.25) is 4.79 Å². The van der Waals surface area contributed by atoms with Gasteiger partial charge in [0, 0.05) is 24.2 Å². The third kappa shape index (κ3) is 3.26. The molecule has 5 nitrogen and oxygen atoms in total. The topological polar surface area (TPSA) is 48.0 Å². The van der Waals surface area contributed by atoms with Crippen LogP contribution in [0.15, 0.2) is 36.4 Å². The molecule has 0 spiro atoms. The second-order valence-corrected chi connectivity index (χ2v) is 5.86. The van der Waals surface area contributed by atoms with E-state index in [1.165, 1.54) is 7.11 Å². The molecule has 0 fully saturated rings. The summed E-state index contributed by atoms with van der Waals surface area (Å²) in [7, 11) is 3.27. The van der Waals surface area contributed by atoms with E-state index in [4.69, 9.17) is 25.8 Å². The minimum Gasteiger partial charge on any atom is -0.493 e. The van der Waals surface area contributed by atoms with E-state index in [0.29, 0.717) is 47.6 Å². The van der Waals surface area contributed by atoms with Gasteiger partial charge in [0.25, 0.3) is 5.91 Å². The summed E-state index contributed by atoms with van der Waals surface area (Å²) in [6.45, 7) is 1.32. The largest absolute Gasteiger partial charge is 0.493 e. The van der Waals surface area contributed by atoms with E-state index in [1.54, 1.807) is 24.1 Å². The fraction of sp³-hybridized carbons (Fsp3) is 0.278. The lowest BCUT2D eigenvalue weighted by molar-refractivity contribution is 0.0783. The van der Waals surface area contributed by atoms with Crippen LogP contribution in [0.2, 0.25) is 5.02 Å². The predicted molar refractivity (Wildman–Crippen MR) is 91.2 cm³/mol. The number of benzene rings is 2. The number of methoxy groups -OCH3 is 1. The van der Waals surface area contributed by atoms with Gasteiger partial charge >= 0.3 is 0 Å². The molecule has 1 aliphatic rings. The molecule has 1 amide bonds. The third-order valence-corrected chi connectivity index (χ3v) is 4.16. The molecule has 0 aromatic heterocycles. The first-order valence-corrected chi connectivity index (χ1v) is 7.94. The second-order valence-electron chi connectivity index (χ2n) is 5.46. The molecule has 0 saturated carbocycles. The van der Waals surface area contributed by atoms with Crippen LogP contribution in [-0.4, -0.2) is 38.2 Å². The average molecular weight is 348 g/mol. The predicted octanol–water partition coefficient (Wildman–Crippen LogP) is 3.39. The number of carbonyl (C=O) groups excluding carboxylic acids is 1. The number of ether oxygens (including phenoxy) is 3. The van der Waals surface area contributed by atoms with Crippen LogP contribution in [0.1, 0.15) is 15.9 Å². The second kappa shape index (κ2) is 7.01. The van der Waals surface area contributed by atoms with Crippen LogP contribution in [0, 0.1) is 0 Å². The minimum absolute atomic E-state index is 0.148. The van der Waals surface area contributed by atoms with Crippen molar-refractivity contribution in [2.75, 3.05) is 27.4 Å². The van der Waals surface area contributed by atoms with Gasteiger partial charge in [-0.2, -0.15) is 0 Å². The highest BCUT2D eigenvalue weighted by atomic mass is 35.5. The zero-order valence-corrected chi connectivity index (χ0v) is 14.3. The summed E-state index contributed by atoms with van der Waals surface area (Å²) in [4.78, 5) is 14.3. The lowest BCUT2D eigenvalue weighted by atomic mass is 10.1. The molecule has 6 heteroatoms. The molecule has 0 radical (unpaired) electrons. The number of rotatable bonds is 4. The Morgan fingerprint density at radius 2 is 2.00 bits per heavy atom. The van der Waals surface area contributed by atoms with E-state index < -0.39 is 0 Å². The Morgan fingerprint density at radius 1 is 1.25 bits per heavy atom. The number of carbonyl (C=O) groups is 1. The molecule has 0 aliphatic carbocycles. The van der Waals surface area contributed by atoms with Gasteiger partial charge in [0.2, 0.25) is 5.75 Å². The molecule has 2 aromatic carbocycles. The van der Waals surface area contributed by atoms with Crippen molar-refractivity contribution in [3.63, 3.8) is 0 Å². The Morgan fingerprint density at radius 3 is 2.75 bits per heavy atom. The first-order valence-electron chi connectivity index (χ1n) is 7.56. The monoisotopic (exact) mass is 347 g/mol. The molecule has 0 bridgehead atoms. The lowest BCUT2D eigenvalue weighted by Gasteiger charge is -2.23. The standard InChI is InChI=1S/C18H18ClNO4/c1-20(11-12-5-3-4-6-14(12)19)18(21)13-9-15(22-2)17-16(10-13)23-7-8-24-17/h3-6,9-10H,7-8,11H2,1-2H3. The molecule has 1 heterocycles. The molecule has 0 N–H and O–H groups in total. The number of fused-ring (bicyclic) bond motifs is 1. The molecule has 0 saturated heterocycles. The number of hydrogen-bond acceptors (Lipinski definition) is 4. The fourth-order valence-electron chi connectivity index (χ4n) is 2.57. The van der Waals surface area contributed by atoms with Gasteiger partial charge in [0.1, 0.15) is 13.2 Å². The number of amides is 1. The summed E-state index contributed by atoms with van der Waals surface area (Å²) >= 11 is 6.17. The van der Waals surface area contributed by atoms with E-state index in [0.717, 1.165) is 5.56 Å². The van der Waals surface area contributed by atoms with Crippen LogP contribution in [0.3, 0.4) is 0 Å². The smallest absolute Gasteiger partial charge is 0.254 e. The summed E-state index contributed by atoms with van der Waals surface area (Å²) in [5, 5.41) is 0.636. The quantitative estimate of drug-likeness (QED) is 0.850. The van der Waals surface area contributed by atoms with Gasteiger partial charge in [-0.25, -0.2) is 0 Å². The van der Waals surface area contributed by atoms with Crippen molar-refractivity contribution in [2.24, 2.45) is 0 Å². The summed E-state index contributed by atoms with van der Waals surface area (Å²) in [5.74, 6) is 1.40. The minimum atomic E-state index is -0.148. The zero-order chi connectivity index (χ0) is 17.1. The summed E-state index contributed by atoms with van der Waals surface area (Å²) in [5.41, 5.74) is 1.37. The molecule has 1 aliphatic heterocycles. The Kier molecular flexibility index (Phi) is 4.81. The van der Waals surface area contributed by atoms with Crippen molar-refractivity contribution in [3.05, 3.63) is 52.5 Å². The van der Waals surface area contributed by atoms with Crippen molar-refractivity contribution in [3.8, 4) is 17.2 Å². The zero-order valence-electron chi connectivity index (χ0n) is 13.5. The van der Waals surface area contributed by atoms with E-state index >= 15 is 0 Å². The van der Waals surface area contributed by atoms with Crippen LogP contribution >= 0.6 is 11.6 Å². The van der Waals surface area contributed by atoms with Crippen molar-refractivity contribution >= 4 is 17.5 Å². The fourth-order valence-corrected chi connectivity index (χ4v) is 2.77. The Labute approximate surface area is 145 Å². The van der Waals surface area contributed by atoms with Gasteiger partial charge in [-0.05, 0) is 23.8 Å². The molecule has 24 heavy (non-hydrogen) atoms. The Hall–Kier alpha value is -2.40. The normalized spacial score (nSPS) is 12.6. The maximum absolute atomic E-state index is 12.7. The molecule has 126 valence electrons. The molecular formula is C18H18ClNO4. The molecule has 0 unspecified atom stereocenters. The molecule has 2 aromatic rings. The number of halogens is 1. The van der Waals surface area contributed by atoms with Crippen LogP contribution in [0.4, 0.5) is 0 Å². The number of nitrogens with zero attached hydrogens (tertiary/aromatic N) is 1. The van der Waals surface area contributed by atoms with E-state index in [-0.39, 0.29) is 5.91 Å². The van der Waals surface area contributed by atoms with Gasteiger partial charge in [0.15, 0.2) is 11.5 Å². The first kappa shape index (κ1) is 16.5. The number of hydrogen-bond donors (Lipinski definition) is 0. The summed E-state index contributed by atoms with van der Waals surface area (Å²) < 4.78 is 16.5. The summed E-state index contributed by atoms with van der Waals surface area (Å²) in [6.07, 6.45) is 0. The summed E-state index contributed by atoms with van der Waals surface area (Å²) in [6, 6.07) is 10.8. The lowest BCUT2D eigenvalue weighted by Crippen LogP contribution is -2.26. The van der Waals surface area contributed by atoms with E-state index in [2.05, 4.69) is 0 Å². The molecule has 0 atom stereocenters. The van der Waals surface area contributed by atoms with Gasteiger partial charge < -0.3 is 19.1 Å². The van der Waals surface area contributed by atoms with Crippen LogP contribution in [-0.2, 0) is 6.54 Å². The van der Waals surface area contributed by atoms with Crippen molar-refractivity contribution in [1.82, 2.24) is 4.90 Å². The van der Waals surface area contributed by atoms with Crippen molar-refractivity contribution in [1.29, 1.82) is 0 Å². The maximum Gasteiger partial charge on any atom is 0.254 e. The Bertz CT molecular complexity index is 745. The first-order chi connectivity index (χ1) is 11.6. The maximum atomic E-state index is 12.7. The highest BCUT2D eigenvalue weighted by molar-refractivity contribution is 6.31. The van der Waals surface area contributed by atoms with Crippen LogP contribution < -0.4 is 14.2 Å². The van der Waals surface area contributed by atoms with E-state index in [9.17, 15) is 4.79 Å². The van der Waals surface area contributed by atoms with Gasteiger partial charge in [-0.1, -0.05) is 29.8 Å². The molecular weight excluding hydrogens is 330 g/mol. The van der Waals surface area contributed by atoms with Crippen LogP contribution in [0.25, 0.3) is 0 Å². The van der Waals surface area contributed by atoms with E-state index in [1.807, 2.05) is 24.3 Å². The van der Waals surface area contributed by atoms with Crippen molar-refractivity contribution in [2.45, 2.75) is 6.54 Å². The van der Waals surface area contributed by atoms with Gasteiger partial charge in [0.05, 0.1) is 7.11 Å². The molecule has 3 rings (SSSR count). The SMILES string of the molecule is COc1cc(C(=O)N(C)Cc2ccccc2Cl)cc2c1OCCO2. The Balaban J connectivity index is 1.85. The van der Waals surface area contributed by atoms with Gasteiger partial charge in [-0.15, -0.1) is 0 Å². The van der Waals surface area contributed by atoms with Crippen LogP contribution in [0.5, 0.6) is 17.2 Å². The average Bonchev–Trinajstić information content (AvgIpc) is 2.62. The van der Waals surface area contributed by atoms with Crippen molar-refractivity contribution < 1.29 is 19.0 Å². The third-order valence-electron chi connectivity index (χ3n) is 3.79.